The van der Waals surface area contributed by atoms with Gasteiger partial charge in [-0.15, -0.1) is 0 Å². The Bertz CT molecular complexity index is 501. The Morgan fingerprint density at radius 3 is 2.48 bits per heavy atom. The van der Waals surface area contributed by atoms with Crippen LogP contribution in [-0.2, 0) is 9.53 Å². The molecule has 0 fully saturated rings. The number of rotatable bonds is 7. The lowest BCUT2D eigenvalue weighted by Gasteiger charge is -2.18. The molecule has 6 nitrogen and oxygen atoms in total. The van der Waals surface area contributed by atoms with Gasteiger partial charge in [-0.25, -0.2) is 0 Å². The van der Waals surface area contributed by atoms with Gasteiger partial charge in [0.15, 0.2) is 0 Å². The minimum Gasteiger partial charge on any atom is -0.497 e. The number of nitrogens with zero attached hydrogens (tertiary/aromatic N) is 1. The number of ether oxygens (including phenoxy) is 3. The lowest BCUT2D eigenvalue weighted by molar-refractivity contribution is -0.143. The summed E-state index contributed by atoms with van der Waals surface area (Å²) in [5, 5.41) is 0. The van der Waals surface area contributed by atoms with Crippen molar-refractivity contribution in [3.05, 3.63) is 23.8 Å². The molecule has 0 aliphatic carbocycles. The first-order valence-electron chi connectivity index (χ1n) is 6.66. The maximum absolute atomic E-state index is 12.4. The average molecular weight is 295 g/mol. The molecular formula is C15H21NO5. The summed E-state index contributed by atoms with van der Waals surface area (Å²) >= 11 is 0. The van der Waals surface area contributed by atoms with Crippen molar-refractivity contribution in [2.24, 2.45) is 0 Å². The van der Waals surface area contributed by atoms with Crippen molar-refractivity contribution >= 4 is 11.9 Å². The highest BCUT2D eigenvalue weighted by Crippen LogP contribution is 2.25. The molecule has 0 N–H and O–H groups in total. The van der Waals surface area contributed by atoms with Gasteiger partial charge in [0.05, 0.1) is 32.8 Å². The van der Waals surface area contributed by atoms with Gasteiger partial charge >= 0.3 is 5.97 Å². The molecule has 0 heterocycles. The normalized spacial score (nSPS) is 9.90. The van der Waals surface area contributed by atoms with Gasteiger partial charge in [0.1, 0.15) is 11.5 Å². The predicted octanol–water partition coefficient (Wildman–Crippen LogP) is 1.73. The number of hydrogen-bond donors (Lipinski definition) is 0. The lowest BCUT2D eigenvalue weighted by atomic mass is 10.1. The minimum atomic E-state index is -0.324. The summed E-state index contributed by atoms with van der Waals surface area (Å²) < 4.78 is 15.1. The van der Waals surface area contributed by atoms with Crippen LogP contribution in [0.15, 0.2) is 18.2 Å². The first-order valence-corrected chi connectivity index (χ1v) is 6.66. The summed E-state index contributed by atoms with van der Waals surface area (Å²) in [6, 6.07) is 5.00. The van der Waals surface area contributed by atoms with Crippen LogP contribution in [0.5, 0.6) is 11.5 Å². The van der Waals surface area contributed by atoms with Crippen molar-refractivity contribution in [2.75, 3.05) is 34.4 Å². The van der Waals surface area contributed by atoms with Gasteiger partial charge in [-0.1, -0.05) is 0 Å². The van der Waals surface area contributed by atoms with Crippen LogP contribution in [0.3, 0.4) is 0 Å². The quantitative estimate of drug-likeness (QED) is 0.717. The highest BCUT2D eigenvalue weighted by atomic mass is 16.5. The molecule has 116 valence electrons. The molecule has 21 heavy (non-hydrogen) atoms. The van der Waals surface area contributed by atoms with E-state index in [1.165, 1.54) is 19.1 Å². The largest absolute Gasteiger partial charge is 0.497 e. The molecule has 1 aromatic carbocycles. The van der Waals surface area contributed by atoms with Crippen LogP contribution in [0.1, 0.15) is 23.7 Å². The average Bonchev–Trinajstić information content (AvgIpc) is 2.51. The molecule has 0 aliphatic heterocycles. The van der Waals surface area contributed by atoms with Crippen molar-refractivity contribution in [3.63, 3.8) is 0 Å². The maximum Gasteiger partial charge on any atom is 0.307 e. The number of methoxy groups -OCH3 is 2. The summed E-state index contributed by atoms with van der Waals surface area (Å²) in [6.07, 6.45) is 0.155. The van der Waals surface area contributed by atoms with Gasteiger partial charge in [0, 0.05) is 13.6 Å². The van der Waals surface area contributed by atoms with E-state index in [0.717, 1.165) is 0 Å². The molecule has 0 unspecified atom stereocenters. The van der Waals surface area contributed by atoms with E-state index in [2.05, 4.69) is 0 Å². The first-order chi connectivity index (χ1) is 10.0. The highest BCUT2D eigenvalue weighted by Gasteiger charge is 2.18. The number of esters is 1. The Kier molecular flexibility index (Phi) is 6.52. The van der Waals surface area contributed by atoms with Gasteiger partial charge in [0.25, 0.3) is 5.91 Å². The van der Waals surface area contributed by atoms with Crippen molar-refractivity contribution < 1.29 is 23.8 Å². The number of hydrogen-bond acceptors (Lipinski definition) is 5. The molecule has 0 radical (unpaired) electrons. The topological polar surface area (TPSA) is 65.1 Å². The molecule has 0 aliphatic rings. The first kappa shape index (κ1) is 16.8. The molecule has 1 amide bonds. The summed E-state index contributed by atoms with van der Waals surface area (Å²) in [5.74, 6) is 0.464. The third-order valence-corrected chi connectivity index (χ3v) is 2.94. The van der Waals surface area contributed by atoms with E-state index in [1.807, 2.05) is 0 Å². The molecule has 0 atom stereocenters. The Morgan fingerprint density at radius 1 is 1.19 bits per heavy atom. The van der Waals surface area contributed by atoms with Gasteiger partial charge in [-0.05, 0) is 25.1 Å². The molecule has 0 bridgehead atoms. The second-order valence-electron chi connectivity index (χ2n) is 4.35. The van der Waals surface area contributed by atoms with Crippen LogP contribution in [0, 0.1) is 0 Å². The number of benzene rings is 1. The fourth-order valence-corrected chi connectivity index (χ4v) is 1.78. The second-order valence-corrected chi connectivity index (χ2v) is 4.35. The van der Waals surface area contributed by atoms with Gasteiger partial charge in [-0.3, -0.25) is 9.59 Å². The van der Waals surface area contributed by atoms with Crippen LogP contribution in [0.4, 0.5) is 0 Å². The third-order valence-electron chi connectivity index (χ3n) is 2.94. The molecule has 1 aromatic rings. The molecule has 6 heteroatoms. The summed E-state index contributed by atoms with van der Waals surface area (Å²) in [4.78, 5) is 25.2. The van der Waals surface area contributed by atoms with Gasteiger partial charge in [-0.2, -0.15) is 0 Å². The van der Waals surface area contributed by atoms with Crippen molar-refractivity contribution in [2.45, 2.75) is 13.3 Å². The molecule has 0 saturated heterocycles. The Labute approximate surface area is 124 Å². The number of carbonyl (C=O) groups is 2. The fraction of sp³-hybridized carbons (Fsp3) is 0.467. The smallest absolute Gasteiger partial charge is 0.307 e. The molecule has 0 saturated carbocycles. The third kappa shape index (κ3) is 4.66. The van der Waals surface area contributed by atoms with E-state index in [0.29, 0.717) is 23.7 Å². The van der Waals surface area contributed by atoms with E-state index in [-0.39, 0.29) is 24.8 Å². The van der Waals surface area contributed by atoms with Crippen LogP contribution >= 0.6 is 0 Å². The van der Waals surface area contributed by atoms with Crippen molar-refractivity contribution in [3.8, 4) is 11.5 Å². The van der Waals surface area contributed by atoms with E-state index in [1.54, 1.807) is 32.2 Å². The maximum atomic E-state index is 12.4. The van der Waals surface area contributed by atoms with Gasteiger partial charge in [0.2, 0.25) is 0 Å². The second kappa shape index (κ2) is 8.14. The van der Waals surface area contributed by atoms with E-state index >= 15 is 0 Å². The number of amides is 1. The highest BCUT2D eigenvalue weighted by molar-refractivity contribution is 5.97. The van der Waals surface area contributed by atoms with Crippen LogP contribution in [-0.4, -0.2) is 51.2 Å². The molecular weight excluding hydrogens is 274 g/mol. The van der Waals surface area contributed by atoms with Crippen LogP contribution in [0.2, 0.25) is 0 Å². The SMILES string of the molecule is CCOC(=O)CCN(C)C(=O)c1cc(OC)ccc1OC. The van der Waals surface area contributed by atoms with Crippen molar-refractivity contribution in [1.82, 2.24) is 4.90 Å². The predicted molar refractivity (Wildman–Crippen MR) is 77.8 cm³/mol. The number of carbonyl (C=O) groups excluding carboxylic acids is 2. The Hall–Kier alpha value is -2.24. The monoisotopic (exact) mass is 295 g/mol. The van der Waals surface area contributed by atoms with E-state index in [9.17, 15) is 9.59 Å². The van der Waals surface area contributed by atoms with Crippen LogP contribution in [0.25, 0.3) is 0 Å². The summed E-state index contributed by atoms with van der Waals surface area (Å²) in [6.45, 7) is 2.35. The van der Waals surface area contributed by atoms with Crippen molar-refractivity contribution in [1.29, 1.82) is 0 Å². The Balaban J connectivity index is 2.79. The van der Waals surface area contributed by atoms with E-state index in [4.69, 9.17) is 14.2 Å². The zero-order valence-electron chi connectivity index (χ0n) is 12.8. The summed E-state index contributed by atoms with van der Waals surface area (Å²) in [5.41, 5.74) is 0.392. The lowest BCUT2D eigenvalue weighted by Crippen LogP contribution is -2.29. The summed E-state index contributed by atoms with van der Waals surface area (Å²) in [7, 11) is 4.65. The fourth-order valence-electron chi connectivity index (χ4n) is 1.78. The standard InChI is InChI=1S/C15H21NO5/c1-5-21-14(17)8-9-16(2)15(18)12-10-11(19-3)6-7-13(12)20-4/h6-7,10H,5,8-9H2,1-4H3. The molecule has 0 aromatic heterocycles. The molecule has 1 rings (SSSR count). The molecule has 0 spiro atoms. The minimum absolute atomic E-state index is 0.155. The Morgan fingerprint density at radius 2 is 1.90 bits per heavy atom. The zero-order chi connectivity index (χ0) is 15.8. The zero-order valence-corrected chi connectivity index (χ0v) is 12.8. The van der Waals surface area contributed by atoms with Crippen LogP contribution < -0.4 is 9.47 Å². The van der Waals surface area contributed by atoms with E-state index < -0.39 is 0 Å². The van der Waals surface area contributed by atoms with Gasteiger partial charge < -0.3 is 19.1 Å².